The molecule has 1 atom stereocenters. The number of alkyl halides is 2. The number of para-hydroxylation sites is 1. The monoisotopic (exact) mass is 329 g/mol. The predicted octanol–water partition coefficient (Wildman–Crippen LogP) is 3.12. The smallest absolute Gasteiger partial charge is 0.387 e. The molecule has 0 radical (unpaired) electrons. The van der Waals surface area contributed by atoms with Crippen LogP contribution in [0.3, 0.4) is 0 Å². The Bertz CT molecular complexity index is 479. The van der Waals surface area contributed by atoms with Gasteiger partial charge in [0.1, 0.15) is 5.75 Å². The van der Waals surface area contributed by atoms with Gasteiger partial charge in [-0.2, -0.15) is 8.78 Å². The largest absolute Gasteiger partial charge is 0.434 e. The van der Waals surface area contributed by atoms with Crippen LogP contribution in [0.4, 0.5) is 8.78 Å². The first-order valence-electron chi connectivity index (χ1n) is 8.06. The molecule has 4 nitrogen and oxygen atoms in total. The summed E-state index contributed by atoms with van der Waals surface area (Å²) in [5, 5.41) is 13.2. The Hall–Kier alpha value is -1.24. The molecule has 0 aliphatic carbocycles. The first-order valence-corrected chi connectivity index (χ1v) is 8.06. The maximum absolute atomic E-state index is 12.6. The molecule has 2 N–H and O–H groups in total. The van der Waals surface area contributed by atoms with Crippen molar-refractivity contribution in [2.24, 2.45) is 5.41 Å². The van der Waals surface area contributed by atoms with Gasteiger partial charge in [-0.15, -0.1) is 0 Å². The maximum atomic E-state index is 12.6. The van der Waals surface area contributed by atoms with Crippen molar-refractivity contribution in [3.8, 4) is 5.75 Å². The Morgan fingerprint density at radius 2 is 2.00 bits per heavy atom. The summed E-state index contributed by atoms with van der Waals surface area (Å²) in [7, 11) is 0. The van der Waals surface area contributed by atoms with Crippen LogP contribution in [-0.4, -0.2) is 38.1 Å². The lowest BCUT2D eigenvalue weighted by Gasteiger charge is -2.37. The third kappa shape index (κ3) is 4.86. The maximum Gasteiger partial charge on any atom is 0.387 e. The SMILES string of the molecule is CCC(NCC1(CO)CCOCC1)c1ccccc1OC(F)F. The molecule has 1 aliphatic heterocycles. The van der Waals surface area contributed by atoms with Crippen molar-refractivity contribution in [2.45, 2.75) is 38.8 Å². The number of aliphatic hydroxyl groups is 1. The van der Waals surface area contributed by atoms with Crippen molar-refractivity contribution in [2.75, 3.05) is 26.4 Å². The van der Waals surface area contributed by atoms with Crippen molar-refractivity contribution in [3.05, 3.63) is 29.8 Å². The van der Waals surface area contributed by atoms with E-state index in [1.54, 1.807) is 18.2 Å². The second-order valence-corrected chi connectivity index (χ2v) is 6.03. The van der Waals surface area contributed by atoms with Crippen LogP contribution in [0.2, 0.25) is 0 Å². The highest BCUT2D eigenvalue weighted by Gasteiger charge is 2.32. The molecule has 6 heteroatoms. The molecule has 1 saturated heterocycles. The number of rotatable bonds is 8. The highest BCUT2D eigenvalue weighted by molar-refractivity contribution is 5.36. The molecule has 1 aromatic carbocycles. The van der Waals surface area contributed by atoms with Gasteiger partial charge in [-0.3, -0.25) is 0 Å². The van der Waals surface area contributed by atoms with Gasteiger partial charge in [0.2, 0.25) is 0 Å². The van der Waals surface area contributed by atoms with Crippen molar-refractivity contribution >= 4 is 0 Å². The minimum Gasteiger partial charge on any atom is -0.434 e. The Morgan fingerprint density at radius 1 is 1.30 bits per heavy atom. The average molecular weight is 329 g/mol. The fourth-order valence-electron chi connectivity index (χ4n) is 2.98. The molecule has 0 bridgehead atoms. The summed E-state index contributed by atoms with van der Waals surface area (Å²) in [6, 6.07) is 6.75. The van der Waals surface area contributed by atoms with E-state index in [1.807, 2.05) is 13.0 Å². The summed E-state index contributed by atoms with van der Waals surface area (Å²) in [6.45, 7) is 1.15. The molecule has 130 valence electrons. The second-order valence-electron chi connectivity index (χ2n) is 6.03. The molecule has 0 saturated carbocycles. The van der Waals surface area contributed by atoms with E-state index < -0.39 is 6.61 Å². The van der Waals surface area contributed by atoms with Crippen molar-refractivity contribution in [1.29, 1.82) is 0 Å². The van der Waals surface area contributed by atoms with Crippen LogP contribution in [0, 0.1) is 5.41 Å². The van der Waals surface area contributed by atoms with Crippen molar-refractivity contribution < 1.29 is 23.4 Å². The van der Waals surface area contributed by atoms with E-state index in [0.717, 1.165) is 24.8 Å². The summed E-state index contributed by atoms with van der Waals surface area (Å²) < 4.78 is 35.1. The van der Waals surface area contributed by atoms with E-state index in [2.05, 4.69) is 10.1 Å². The number of halogens is 2. The number of nitrogens with one attached hydrogen (secondary N) is 1. The lowest BCUT2D eigenvalue weighted by Crippen LogP contribution is -2.43. The zero-order chi connectivity index (χ0) is 16.7. The molecule has 0 spiro atoms. The fourth-order valence-corrected chi connectivity index (χ4v) is 2.98. The van der Waals surface area contributed by atoms with Crippen LogP contribution in [0.25, 0.3) is 0 Å². The lowest BCUT2D eigenvalue weighted by atomic mass is 9.80. The molecular formula is C17H25F2NO3. The Balaban J connectivity index is 2.08. The van der Waals surface area contributed by atoms with Crippen molar-refractivity contribution in [3.63, 3.8) is 0 Å². The number of hydrogen-bond acceptors (Lipinski definition) is 4. The highest BCUT2D eigenvalue weighted by Crippen LogP contribution is 2.32. The Morgan fingerprint density at radius 3 is 2.61 bits per heavy atom. The summed E-state index contributed by atoms with van der Waals surface area (Å²) >= 11 is 0. The van der Waals surface area contributed by atoms with E-state index >= 15 is 0 Å². The Labute approximate surface area is 135 Å². The van der Waals surface area contributed by atoms with Crippen LogP contribution < -0.4 is 10.1 Å². The van der Waals surface area contributed by atoms with Gasteiger partial charge in [0.25, 0.3) is 0 Å². The van der Waals surface area contributed by atoms with Gasteiger partial charge in [0, 0.05) is 36.8 Å². The topological polar surface area (TPSA) is 50.7 Å². The van der Waals surface area contributed by atoms with E-state index in [0.29, 0.717) is 19.8 Å². The molecule has 0 aromatic heterocycles. The van der Waals surface area contributed by atoms with E-state index in [4.69, 9.17) is 4.74 Å². The van der Waals surface area contributed by atoms with Crippen LogP contribution in [-0.2, 0) is 4.74 Å². The van der Waals surface area contributed by atoms with Gasteiger partial charge in [0.05, 0.1) is 6.61 Å². The number of aliphatic hydroxyl groups excluding tert-OH is 1. The molecular weight excluding hydrogens is 304 g/mol. The molecule has 1 heterocycles. The molecule has 1 unspecified atom stereocenters. The van der Waals surface area contributed by atoms with E-state index in [9.17, 15) is 13.9 Å². The van der Waals surface area contributed by atoms with Gasteiger partial charge in [-0.05, 0) is 25.3 Å². The third-order valence-electron chi connectivity index (χ3n) is 4.53. The quantitative estimate of drug-likeness (QED) is 0.769. The van der Waals surface area contributed by atoms with Crippen LogP contribution >= 0.6 is 0 Å². The molecule has 0 amide bonds. The van der Waals surface area contributed by atoms with Gasteiger partial charge in [-0.1, -0.05) is 25.1 Å². The predicted molar refractivity (Wildman–Crippen MR) is 83.7 cm³/mol. The molecule has 23 heavy (non-hydrogen) atoms. The first-order chi connectivity index (χ1) is 11.1. The molecule has 1 fully saturated rings. The molecule has 2 rings (SSSR count). The summed E-state index contributed by atoms with van der Waals surface area (Å²) in [6.07, 6.45) is 2.33. The van der Waals surface area contributed by atoms with Gasteiger partial charge in [0.15, 0.2) is 0 Å². The third-order valence-corrected chi connectivity index (χ3v) is 4.53. The Kier molecular flexibility index (Phi) is 6.74. The lowest BCUT2D eigenvalue weighted by molar-refractivity contribution is -0.0509. The summed E-state index contributed by atoms with van der Waals surface area (Å²) in [5.41, 5.74) is 0.514. The number of benzene rings is 1. The normalized spacial score (nSPS) is 18.8. The van der Waals surface area contributed by atoms with Crippen LogP contribution in [0.15, 0.2) is 24.3 Å². The zero-order valence-electron chi connectivity index (χ0n) is 13.4. The summed E-state index contributed by atoms with van der Waals surface area (Å²) in [5.74, 6) is 0.201. The number of hydrogen-bond donors (Lipinski definition) is 2. The van der Waals surface area contributed by atoms with Gasteiger partial charge >= 0.3 is 6.61 Å². The van der Waals surface area contributed by atoms with Gasteiger partial charge < -0.3 is 19.9 Å². The highest BCUT2D eigenvalue weighted by atomic mass is 19.3. The number of ether oxygens (including phenoxy) is 2. The average Bonchev–Trinajstić information content (AvgIpc) is 2.57. The van der Waals surface area contributed by atoms with Gasteiger partial charge in [-0.25, -0.2) is 0 Å². The van der Waals surface area contributed by atoms with Crippen LogP contribution in [0.5, 0.6) is 5.75 Å². The van der Waals surface area contributed by atoms with Crippen LogP contribution in [0.1, 0.15) is 37.8 Å². The first kappa shape index (κ1) is 18.1. The minimum atomic E-state index is -2.84. The zero-order valence-corrected chi connectivity index (χ0v) is 13.4. The summed E-state index contributed by atoms with van der Waals surface area (Å²) in [4.78, 5) is 0. The van der Waals surface area contributed by atoms with E-state index in [1.165, 1.54) is 0 Å². The molecule has 1 aromatic rings. The van der Waals surface area contributed by atoms with E-state index in [-0.39, 0.29) is 23.8 Å². The second kappa shape index (κ2) is 8.57. The minimum absolute atomic E-state index is 0.0922. The standard InChI is InChI=1S/C17H25F2NO3/c1-2-14(13-5-3-4-6-15(13)23-16(18)19)20-11-17(12-21)7-9-22-10-8-17/h3-6,14,16,20-21H,2,7-12H2,1H3. The molecule has 1 aliphatic rings. The fraction of sp³-hybridized carbons (Fsp3) is 0.647. The van der Waals surface area contributed by atoms with Crippen molar-refractivity contribution in [1.82, 2.24) is 5.32 Å².